The van der Waals surface area contributed by atoms with Crippen LogP contribution in [0.4, 0.5) is 5.82 Å². The second-order valence-electron chi connectivity index (χ2n) is 6.00. The lowest BCUT2D eigenvalue weighted by Gasteiger charge is -2.11. The predicted molar refractivity (Wildman–Crippen MR) is 98.5 cm³/mol. The molecule has 0 amide bonds. The van der Waals surface area contributed by atoms with Gasteiger partial charge in [-0.3, -0.25) is 4.68 Å². The minimum Gasteiger partial charge on any atom is -0.370 e. The first-order valence-electron chi connectivity index (χ1n) is 8.44. The molecule has 0 radical (unpaired) electrons. The Kier molecular flexibility index (Phi) is 4.16. The number of aromatic nitrogens is 5. The fourth-order valence-corrected chi connectivity index (χ4v) is 2.86. The van der Waals surface area contributed by atoms with Gasteiger partial charge in [0.1, 0.15) is 5.82 Å². The zero-order valence-corrected chi connectivity index (χ0v) is 14.1. The molecule has 0 saturated heterocycles. The van der Waals surface area contributed by atoms with Gasteiger partial charge in [0.25, 0.3) is 0 Å². The van der Waals surface area contributed by atoms with E-state index in [0.29, 0.717) is 0 Å². The third-order valence-corrected chi connectivity index (χ3v) is 4.05. The third-order valence-electron chi connectivity index (χ3n) is 4.05. The number of benzene rings is 1. The van der Waals surface area contributed by atoms with Crippen molar-refractivity contribution >= 4 is 11.5 Å². The van der Waals surface area contributed by atoms with Gasteiger partial charge in [-0.05, 0) is 19.4 Å². The molecule has 6 nitrogen and oxygen atoms in total. The van der Waals surface area contributed by atoms with Gasteiger partial charge in [0, 0.05) is 43.2 Å². The summed E-state index contributed by atoms with van der Waals surface area (Å²) in [7, 11) is 0. The van der Waals surface area contributed by atoms with E-state index >= 15 is 0 Å². The molecule has 3 heterocycles. The summed E-state index contributed by atoms with van der Waals surface area (Å²) in [5.41, 5.74) is 3.86. The Bertz CT molecular complexity index is 956. The Balaban J connectivity index is 1.57. The summed E-state index contributed by atoms with van der Waals surface area (Å²) in [4.78, 5) is 4.74. The van der Waals surface area contributed by atoms with E-state index < -0.39 is 0 Å². The van der Waals surface area contributed by atoms with E-state index in [4.69, 9.17) is 4.98 Å². The Hall–Kier alpha value is -3.15. The van der Waals surface area contributed by atoms with E-state index in [1.165, 1.54) is 0 Å². The van der Waals surface area contributed by atoms with Gasteiger partial charge in [-0.25, -0.2) is 4.98 Å². The molecule has 0 aliphatic rings. The monoisotopic (exact) mass is 332 g/mol. The average molecular weight is 332 g/mol. The zero-order chi connectivity index (χ0) is 17.1. The highest BCUT2D eigenvalue weighted by Gasteiger charge is 2.09. The molecule has 4 rings (SSSR count). The lowest BCUT2D eigenvalue weighted by atomic mass is 10.1. The molecule has 0 aliphatic heterocycles. The Morgan fingerprint density at radius 1 is 1.08 bits per heavy atom. The molecule has 4 aromatic rings. The number of anilines is 1. The van der Waals surface area contributed by atoms with Crippen molar-refractivity contribution in [3.63, 3.8) is 0 Å². The van der Waals surface area contributed by atoms with Crippen molar-refractivity contribution in [1.29, 1.82) is 0 Å². The van der Waals surface area contributed by atoms with Crippen molar-refractivity contribution in [1.82, 2.24) is 24.4 Å². The standard InChI is InChI=1S/C19H20N6/c1-15-13-19-22-17(16-7-3-2-4-8-16)14-18(25(19)23-15)20-9-5-11-24-12-6-10-21-24/h2-4,6-8,10,12-14,20H,5,9,11H2,1H3. The minimum absolute atomic E-state index is 0.839. The minimum atomic E-state index is 0.839. The molecule has 6 heteroatoms. The van der Waals surface area contributed by atoms with Gasteiger partial charge in [-0.1, -0.05) is 30.3 Å². The summed E-state index contributed by atoms with van der Waals surface area (Å²) >= 11 is 0. The first-order valence-corrected chi connectivity index (χ1v) is 8.44. The summed E-state index contributed by atoms with van der Waals surface area (Å²) in [6, 6.07) is 16.2. The lowest BCUT2D eigenvalue weighted by Crippen LogP contribution is -2.10. The van der Waals surface area contributed by atoms with E-state index in [1.807, 2.05) is 52.6 Å². The van der Waals surface area contributed by atoms with E-state index in [0.717, 1.165) is 47.9 Å². The van der Waals surface area contributed by atoms with Gasteiger partial charge < -0.3 is 5.32 Å². The highest BCUT2D eigenvalue weighted by molar-refractivity contribution is 5.66. The number of nitrogens with one attached hydrogen (secondary N) is 1. The molecule has 1 N–H and O–H groups in total. The predicted octanol–water partition coefficient (Wildman–Crippen LogP) is 3.40. The van der Waals surface area contributed by atoms with Crippen LogP contribution in [0.15, 0.2) is 60.9 Å². The Morgan fingerprint density at radius 2 is 1.96 bits per heavy atom. The van der Waals surface area contributed by atoms with Crippen molar-refractivity contribution in [2.45, 2.75) is 19.9 Å². The van der Waals surface area contributed by atoms with Crippen LogP contribution >= 0.6 is 0 Å². The van der Waals surface area contributed by atoms with Crippen LogP contribution in [0.1, 0.15) is 12.1 Å². The number of rotatable bonds is 6. The molecule has 0 aliphatic carbocycles. The number of fused-ring (bicyclic) bond motifs is 1. The average Bonchev–Trinajstić information content (AvgIpc) is 3.27. The van der Waals surface area contributed by atoms with Gasteiger partial charge in [0.2, 0.25) is 0 Å². The van der Waals surface area contributed by atoms with Gasteiger partial charge in [0.05, 0.1) is 11.4 Å². The molecule has 0 saturated carbocycles. The molecule has 25 heavy (non-hydrogen) atoms. The smallest absolute Gasteiger partial charge is 0.158 e. The third kappa shape index (κ3) is 3.38. The molecule has 1 aromatic carbocycles. The number of hydrogen-bond donors (Lipinski definition) is 1. The van der Waals surface area contributed by atoms with Gasteiger partial charge >= 0.3 is 0 Å². The summed E-state index contributed by atoms with van der Waals surface area (Å²) in [6.45, 7) is 3.71. The van der Waals surface area contributed by atoms with Crippen LogP contribution in [0.3, 0.4) is 0 Å². The summed E-state index contributed by atoms with van der Waals surface area (Å²) < 4.78 is 3.81. The van der Waals surface area contributed by atoms with Crippen LogP contribution < -0.4 is 5.32 Å². The first-order chi connectivity index (χ1) is 12.3. The van der Waals surface area contributed by atoms with Crippen LogP contribution in [0.2, 0.25) is 0 Å². The van der Waals surface area contributed by atoms with Gasteiger partial charge in [0.15, 0.2) is 5.65 Å². The van der Waals surface area contributed by atoms with Crippen LogP contribution in [0, 0.1) is 6.92 Å². The number of nitrogens with zero attached hydrogens (tertiary/aromatic N) is 5. The molecule has 0 bridgehead atoms. The highest BCUT2D eigenvalue weighted by Crippen LogP contribution is 2.22. The topological polar surface area (TPSA) is 60.0 Å². The van der Waals surface area contributed by atoms with Crippen molar-refractivity contribution in [2.24, 2.45) is 0 Å². The molecule has 0 fully saturated rings. The molecular formula is C19H20N6. The maximum atomic E-state index is 4.74. The second kappa shape index (κ2) is 6.76. The summed E-state index contributed by atoms with van der Waals surface area (Å²) in [6.07, 6.45) is 4.76. The maximum Gasteiger partial charge on any atom is 0.158 e. The van der Waals surface area contributed by atoms with E-state index in [1.54, 1.807) is 6.20 Å². The lowest BCUT2D eigenvalue weighted by molar-refractivity contribution is 0.591. The first kappa shape index (κ1) is 15.4. The molecule has 0 unspecified atom stereocenters. The highest BCUT2D eigenvalue weighted by atomic mass is 15.3. The summed E-state index contributed by atoms with van der Waals surface area (Å²) in [5, 5.41) is 12.3. The van der Waals surface area contributed by atoms with E-state index in [-0.39, 0.29) is 0 Å². The number of aryl methyl sites for hydroxylation is 2. The molecule has 3 aromatic heterocycles. The van der Waals surface area contributed by atoms with Crippen molar-refractivity contribution in [3.05, 3.63) is 66.6 Å². The van der Waals surface area contributed by atoms with Crippen LogP contribution in [-0.4, -0.2) is 30.9 Å². The largest absolute Gasteiger partial charge is 0.370 e. The van der Waals surface area contributed by atoms with Crippen LogP contribution in [-0.2, 0) is 6.54 Å². The Labute approximate surface area is 146 Å². The molecule has 0 spiro atoms. The van der Waals surface area contributed by atoms with Gasteiger partial charge in [-0.2, -0.15) is 14.7 Å². The van der Waals surface area contributed by atoms with E-state index in [2.05, 4.69) is 33.7 Å². The zero-order valence-electron chi connectivity index (χ0n) is 14.1. The van der Waals surface area contributed by atoms with Crippen molar-refractivity contribution in [2.75, 3.05) is 11.9 Å². The van der Waals surface area contributed by atoms with Gasteiger partial charge in [-0.15, -0.1) is 0 Å². The molecular weight excluding hydrogens is 312 g/mol. The van der Waals surface area contributed by atoms with Crippen molar-refractivity contribution in [3.8, 4) is 11.3 Å². The fraction of sp³-hybridized carbons (Fsp3) is 0.211. The molecule has 126 valence electrons. The normalized spacial score (nSPS) is 11.1. The van der Waals surface area contributed by atoms with Crippen LogP contribution in [0.5, 0.6) is 0 Å². The Morgan fingerprint density at radius 3 is 2.76 bits per heavy atom. The summed E-state index contributed by atoms with van der Waals surface area (Å²) in [5.74, 6) is 0.956. The quantitative estimate of drug-likeness (QED) is 0.550. The molecule has 0 atom stereocenters. The maximum absolute atomic E-state index is 4.74. The van der Waals surface area contributed by atoms with E-state index in [9.17, 15) is 0 Å². The second-order valence-corrected chi connectivity index (χ2v) is 6.00. The van der Waals surface area contributed by atoms with Crippen molar-refractivity contribution < 1.29 is 0 Å². The SMILES string of the molecule is Cc1cc2nc(-c3ccccc3)cc(NCCCn3cccn3)n2n1. The fourth-order valence-electron chi connectivity index (χ4n) is 2.86. The number of hydrogen-bond acceptors (Lipinski definition) is 4. The van der Waals surface area contributed by atoms with Crippen LogP contribution in [0.25, 0.3) is 16.9 Å².